The summed E-state index contributed by atoms with van der Waals surface area (Å²) in [7, 11) is 0. The number of aromatic amines is 1. The highest BCUT2D eigenvalue weighted by atomic mass is 19.1. The molecule has 2 N–H and O–H groups in total. The molecule has 2 aromatic rings. The molecule has 0 bridgehead atoms. The lowest BCUT2D eigenvalue weighted by Crippen LogP contribution is -2.18. The van der Waals surface area contributed by atoms with Gasteiger partial charge in [0.15, 0.2) is 11.5 Å². The summed E-state index contributed by atoms with van der Waals surface area (Å²) in [4.78, 5) is 14.2. The Balaban J connectivity index is 1.76. The van der Waals surface area contributed by atoms with E-state index < -0.39 is 11.7 Å². The molecular weight excluding hydrogens is 259 g/mol. The van der Waals surface area contributed by atoms with Gasteiger partial charge in [-0.05, 0) is 31.0 Å². The summed E-state index contributed by atoms with van der Waals surface area (Å²) in [6, 6.07) is 7.58. The predicted octanol–water partition coefficient (Wildman–Crippen LogP) is 2.40. The van der Waals surface area contributed by atoms with Crippen LogP contribution in [0.15, 0.2) is 30.5 Å². The number of H-pyrrole nitrogens is 1. The van der Waals surface area contributed by atoms with Gasteiger partial charge in [-0.1, -0.05) is 6.07 Å². The molecule has 0 radical (unpaired) electrons. The van der Waals surface area contributed by atoms with Crippen LogP contribution in [0.5, 0.6) is 0 Å². The topological polar surface area (TPSA) is 61.0 Å². The number of carbonyl (C=O) groups is 1. The monoisotopic (exact) mass is 274 g/mol. The van der Waals surface area contributed by atoms with Crippen LogP contribution >= 0.6 is 0 Å². The predicted molar refractivity (Wildman–Crippen MR) is 74.4 cm³/mol. The fourth-order valence-corrected chi connectivity index (χ4v) is 2.38. The van der Waals surface area contributed by atoms with Gasteiger partial charge in [0.1, 0.15) is 0 Å². The molecule has 5 nitrogen and oxygen atoms in total. The van der Waals surface area contributed by atoms with E-state index in [4.69, 9.17) is 0 Å². The van der Waals surface area contributed by atoms with Gasteiger partial charge in [0.25, 0.3) is 5.91 Å². The molecule has 1 aliphatic heterocycles. The van der Waals surface area contributed by atoms with Gasteiger partial charge < -0.3 is 10.2 Å². The number of aromatic nitrogens is 2. The van der Waals surface area contributed by atoms with Crippen molar-refractivity contribution in [3.05, 3.63) is 42.0 Å². The van der Waals surface area contributed by atoms with E-state index in [1.165, 1.54) is 12.8 Å². The highest BCUT2D eigenvalue weighted by Crippen LogP contribution is 2.23. The van der Waals surface area contributed by atoms with Crippen molar-refractivity contribution in [1.29, 1.82) is 0 Å². The zero-order chi connectivity index (χ0) is 13.9. The number of nitrogens with one attached hydrogen (secondary N) is 2. The minimum atomic E-state index is -0.654. The number of halogens is 1. The van der Waals surface area contributed by atoms with E-state index in [-0.39, 0.29) is 5.69 Å². The Morgan fingerprint density at radius 3 is 2.85 bits per heavy atom. The lowest BCUT2D eigenvalue weighted by Gasteiger charge is -2.18. The van der Waals surface area contributed by atoms with Gasteiger partial charge in [-0.3, -0.25) is 9.89 Å². The van der Waals surface area contributed by atoms with Crippen molar-refractivity contribution in [3.8, 4) is 0 Å². The minimum absolute atomic E-state index is 0.156. The van der Waals surface area contributed by atoms with Crippen molar-refractivity contribution in [2.24, 2.45) is 0 Å². The van der Waals surface area contributed by atoms with Crippen molar-refractivity contribution < 1.29 is 9.18 Å². The van der Waals surface area contributed by atoms with Crippen LogP contribution in [-0.2, 0) is 0 Å². The number of hydrogen-bond donors (Lipinski definition) is 2. The number of nitrogens with zero attached hydrogens (tertiary/aromatic N) is 2. The molecule has 1 aliphatic rings. The molecular formula is C14H15FN4O. The number of carbonyl (C=O) groups excluding carboxylic acids is 1. The van der Waals surface area contributed by atoms with Crippen LogP contribution in [0.1, 0.15) is 23.3 Å². The molecule has 1 amide bonds. The summed E-state index contributed by atoms with van der Waals surface area (Å²) in [5, 5.41) is 8.52. The van der Waals surface area contributed by atoms with Crippen LogP contribution in [0, 0.1) is 5.82 Å². The van der Waals surface area contributed by atoms with Crippen LogP contribution in [0.2, 0.25) is 0 Å². The molecule has 3 rings (SSSR count). The quantitative estimate of drug-likeness (QED) is 0.903. The average Bonchev–Trinajstić information content (AvgIpc) is 3.09. The Bertz CT molecular complexity index is 619. The molecule has 0 saturated carbocycles. The van der Waals surface area contributed by atoms with Crippen molar-refractivity contribution >= 4 is 17.3 Å². The molecule has 1 aromatic heterocycles. The molecule has 1 saturated heterocycles. The molecule has 1 fully saturated rings. The number of amides is 1. The Labute approximate surface area is 115 Å². The first kappa shape index (κ1) is 12.7. The fourth-order valence-electron chi connectivity index (χ4n) is 2.38. The third-order valence-electron chi connectivity index (χ3n) is 3.40. The summed E-state index contributed by atoms with van der Waals surface area (Å²) in [6.45, 7) is 2.07. The molecule has 0 unspecified atom stereocenters. The maximum atomic E-state index is 13.3. The lowest BCUT2D eigenvalue weighted by atomic mass is 10.2. The van der Waals surface area contributed by atoms with Gasteiger partial charge in [-0.15, -0.1) is 0 Å². The first-order chi connectivity index (χ1) is 9.74. The van der Waals surface area contributed by atoms with Crippen LogP contribution in [-0.4, -0.2) is 29.2 Å². The molecule has 1 aromatic carbocycles. The van der Waals surface area contributed by atoms with Crippen LogP contribution < -0.4 is 10.2 Å². The van der Waals surface area contributed by atoms with E-state index in [2.05, 4.69) is 20.4 Å². The van der Waals surface area contributed by atoms with Crippen LogP contribution in [0.3, 0.4) is 0 Å². The van der Waals surface area contributed by atoms with E-state index in [0.717, 1.165) is 25.0 Å². The molecule has 0 aliphatic carbocycles. The molecule has 0 spiro atoms. The van der Waals surface area contributed by atoms with Gasteiger partial charge >= 0.3 is 0 Å². The SMILES string of the molecule is O=C(Nc1cccc(N2CCCC2)c1)c1[nH]ncc1F. The van der Waals surface area contributed by atoms with Gasteiger partial charge in [0, 0.05) is 24.5 Å². The Morgan fingerprint density at radius 2 is 2.15 bits per heavy atom. The van der Waals surface area contributed by atoms with Crippen molar-refractivity contribution in [3.63, 3.8) is 0 Å². The summed E-state index contributed by atoms with van der Waals surface area (Å²) >= 11 is 0. The number of hydrogen-bond acceptors (Lipinski definition) is 3. The highest BCUT2D eigenvalue weighted by Gasteiger charge is 2.15. The normalized spacial score (nSPS) is 14.6. The van der Waals surface area contributed by atoms with E-state index in [0.29, 0.717) is 5.69 Å². The zero-order valence-corrected chi connectivity index (χ0v) is 10.9. The van der Waals surface area contributed by atoms with E-state index in [9.17, 15) is 9.18 Å². The number of benzene rings is 1. The third kappa shape index (κ3) is 2.49. The van der Waals surface area contributed by atoms with E-state index in [1.54, 1.807) is 6.07 Å². The molecule has 104 valence electrons. The lowest BCUT2D eigenvalue weighted by molar-refractivity contribution is 0.101. The van der Waals surface area contributed by atoms with Gasteiger partial charge in [-0.2, -0.15) is 5.10 Å². The minimum Gasteiger partial charge on any atom is -0.371 e. The molecule has 20 heavy (non-hydrogen) atoms. The smallest absolute Gasteiger partial charge is 0.276 e. The average molecular weight is 274 g/mol. The zero-order valence-electron chi connectivity index (χ0n) is 10.9. The second-order valence-corrected chi connectivity index (χ2v) is 4.79. The summed E-state index contributed by atoms with van der Waals surface area (Å²) in [5.74, 6) is -1.18. The second-order valence-electron chi connectivity index (χ2n) is 4.79. The Morgan fingerprint density at radius 1 is 1.35 bits per heavy atom. The van der Waals surface area contributed by atoms with Crippen LogP contribution in [0.4, 0.5) is 15.8 Å². The largest absolute Gasteiger partial charge is 0.371 e. The maximum absolute atomic E-state index is 13.3. The van der Waals surface area contributed by atoms with Crippen LogP contribution in [0.25, 0.3) is 0 Å². The first-order valence-corrected chi connectivity index (χ1v) is 6.59. The van der Waals surface area contributed by atoms with Gasteiger partial charge in [0.05, 0.1) is 6.20 Å². The van der Waals surface area contributed by atoms with E-state index in [1.807, 2.05) is 18.2 Å². The molecule has 2 heterocycles. The van der Waals surface area contributed by atoms with Crippen molar-refractivity contribution in [1.82, 2.24) is 10.2 Å². The maximum Gasteiger partial charge on any atom is 0.276 e. The second kappa shape index (κ2) is 5.32. The Kier molecular flexibility index (Phi) is 3.37. The highest BCUT2D eigenvalue weighted by molar-refractivity contribution is 6.03. The Hall–Kier alpha value is -2.37. The number of anilines is 2. The van der Waals surface area contributed by atoms with Crippen molar-refractivity contribution in [2.45, 2.75) is 12.8 Å². The summed E-state index contributed by atoms with van der Waals surface area (Å²) in [6.07, 6.45) is 3.36. The fraction of sp³-hybridized carbons (Fsp3) is 0.286. The van der Waals surface area contributed by atoms with Gasteiger partial charge in [-0.25, -0.2) is 4.39 Å². The summed E-state index contributed by atoms with van der Waals surface area (Å²) < 4.78 is 13.3. The third-order valence-corrected chi connectivity index (χ3v) is 3.40. The first-order valence-electron chi connectivity index (χ1n) is 6.59. The van der Waals surface area contributed by atoms with E-state index >= 15 is 0 Å². The summed E-state index contributed by atoms with van der Waals surface area (Å²) in [5.41, 5.74) is 1.57. The van der Waals surface area contributed by atoms with Crippen molar-refractivity contribution in [2.75, 3.05) is 23.3 Å². The number of rotatable bonds is 3. The van der Waals surface area contributed by atoms with Gasteiger partial charge in [0.2, 0.25) is 0 Å². The molecule has 6 heteroatoms. The standard InChI is InChI=1S/C14H15FN4O/c15-12-9-16-18-13(12)14(20)17-10-4-3-5-11(8-10)19-6-1-2-7-19/h3-5,8-9H,1-2,6-7H2,(H,16,18)(H,17,20). The molecule has 0 atom stereocenters.